The van der Waals surface area contributed by atoms with E-state index >= 15 is 4.79 Å². The SMILES string of the molecule is C[C@@H]1C[C@@H](O)c2ncnc(N3CCN(C(=O)[C@@H](c4ccc(Cl)cc4)[C@@H]4CC(O[C@@H]5C[C@@H](C)c6c5ncnc6N5CCN(C(=O)[C@@H](c6ccc(Cl)cc6)[C@@H]6CCCN6CC(C)(C)O)CC5)CN4CCCO)CC3)c21. The highest BCUT2D eigenvalue weighted by atomic mass is 35.5. The lowest BCUT2D eigenvalue weighted by Crippen LogP contribution is -2.53. The van der Waals surface area contributed by atoms with Gasteiger partial charge in [0, 0.05) is 112 Å². The highest BCUT2D eigenvalue weighted by Gasteiger charge is 2.47. The molecular formula is C55H72Cl2N10O6. The lowest BCUT2D eigenvalue weighted by Gasteiger charge is -2.40. The van der Waals surface area contributed by atoms with Crippen molar-refractivity contribution in [3.05, 3.63) is 105 Å². The Kier molecular flexibility index (Phi) is 15.6. The second kappa shape index (κ2) is 22.0. The van der Waals surface area contributed by atoms with Crippen LogP contribution < -0.4 is 9.80 Å². The maximum Gasteiger partial charge on any atom is 0.231 e. The molecule has 9 atom stereocenters. The van der Waals surface area contributed by atoms with Crippen LogP contribution in [0, 0.1) is 0 Å². The molecule has 4 aromatic rings. The fourth-order valence-corrected chi connectivity index (χ4v) is 13.3. The number of rotatable bonds is 15. The van der Waals surface area contributed by atoms with Crippen molar-refractivity contribution < 1.29 is 29.6 Å². The third-order valence-electron chi connectivity index (χ3n) is 16.5. The summed E-state index contributed by atoms with van der Waals surface area (Å²) in [5.41, 5.74) is 4.68. The van der Waals surface area contributed by atoms with Crippen molar-refractivity contribution in [2.45, 2.75) is 126 Å². The van der Waals surface area contributed by atoms with E-state index in [0.717, 1.165) is 65.4 Å². The number of hydrogen-bond donors (Lipinski definition) is 3. The van der Waals surface area contributed by atoms with Crippen LogP contribution in [0.3, 0.4) is 0 Å². The maximum absolute atomic E-state index is 15.1. The van der Waals surface area contributed by atoms with Gasteiger partial charge in [-0.15, -0.1) is 0 Å². The van der Waals surface area contributed by atoms with Crippen LogP contribution in [0.1, 0.15) is 136 Å². The quantitative estimate of drug-likeness (QED) is 0.121. The molecule has 6 heterocycles. The number of likely N-dealkylation sites (tertiary alicyclic amines) is 2. The summed E-state index contributed by atoms with van der Waals surface area (Å²) in [4.78, 5) is 61.8. The first-order valence-corrected chi connectivity index (χ1v) is 27.3. The minimum Gasteiger partial charge on any atom is -0.396 e. The Balaban J connectivity index is 0.832. The van der Waals surface area contributed by atoms with Gasteiger partial charge in [-0.25, -0.2) is 19.9 Å². The molecule has 2 aliphatic carbocycles. The lowest BCUT2D eigenvalue weighted by molar-refractivity contribution is -0.135. The summed E-state index contributed by atoms with van der Waals surface area (Å²) in [5, 5.41) is 32.8. The molecule has 3 N–H and O–H groups in total. The second-order valence-electron chi connectivity index (χ2n) is 22.1. The zero-order chi connectivity index (χ0) is 51.1. The molecule has 18 heteroatoms. The van der Waals surface area contributed by atoms with Gasteiger partial charge in [-0.1, -0.05) is 61.3 Å². The molecule has 392 valence electrons. The number of amides is 2. The van der Waals surface area contributed by atoms with E-state index in [4.69, 9.17) is 37.9 Å². The number of β-amino-alcohol motifs (C(OH)–C–C–N with tert-alkyl or cyclic N) is 1. The summed E-state index contributed by atoms with van der Waals surface area (Å²) < 4.78 is 7.13. The van der Waals surface area contributed by atoms with Gasteiger partial charge in [-0.05, 0) is 106 Å². The largest absolute Gasteiger partial charge is 0.396 e. The molecule has 6 aliphatic rings. The van der Waals surface area contributed by atoms with Crippen molar-refractivity contribution in [1.82, 2.24) is 39.5 Å². The third-order valence-corrected chi connectivity index (χ3v) is 17.0. The summed E-state index contributed by atoms with van der Waals surface area (Å²) in [6.07, 6.45) is 6.57. The lowest BCUT2D eigenvalue weighted by atomic mass is 9.87. The van der Waals surface area contributed by atoms with E-state index in [-0.39, 0.29) is 60.5 Å². The highest BCUT2D eigenvalue weighted by molar-refractivity contribution is 6.30. The van der Waals surface area contributed by atoms with Gasteiger partial charge in [0.1, 0.15) is 30.4 Å². The third kappa shape index (κ3) is 11.0. The van der Waals surface area contributed by atoms with Gasteiger partial charge in [0.25, 0.3) is 0 Å². The van der Waals surface area contributed by atoms with Crippen LogP contribution in [0.5, 0.6) is 0 Å². The van der Waals surface area contributed by atoms with Crippen LogP contribution in [0.15, 0.2) is 61.2 Å². The topological polar surface area (TPSA) is 175 Å². The van der Waals surface area contributed by atoms with Crippen LogP contribution in [0.2, 0.25) is 10.0 Å². The number of nitrogens with zero attached hydrogens (tertiary/aromatic N) is 10. The Bertz CT molecular complexity index is 2570. The van der Waals surface area contributed by atoms with E-state index in [1.807, 2.05) is 72.2 Å². The Labute approximate surface area is 439 Å². The predicted octanol–water partition coefficient (Wildman–Crippen LogP) is 6.30. The number of piperazine rings is 2. The predicted molar refractivity (Wildman–Crippen MR) is 281 cm³/mol. The molecule has 1 unspecified atom stereocenters. The zero-order valence-corrected chi connectivity index (χ0v) is 44.2. The molecule has 2 aromatic heterocycles. The van der Waals surface area contributed by atoms with Crippen molar-refractivity contribution in [2.24, 2.45) is 0 Å². The Hall–Kier alpha value is -4.52. The van der Waals surface area contributed by atoms with E-state index in [9.17, 15) is 20.1 Å². The molecule has 10 rings (SSSR count). The van der Waals surface area contributed by atoms with Crippen LogP contribution in [-0.4, -0.2) is 176 Å². The molecule has 0 radical (unpaired) electrons. The molecule has 4 saturated heterocycles. The van der Waals surface area contributed by atoms with Crippen molar-refractivity contribution in [3.8, 4) is 0 Å². The average molecular weight is 1040 g/mol. The maximum atomic E-state index is 15.1. The van der Waals surface area contributed by atoms with Crippen molar-refractivity contribution >= 4 is 46.7 Å². The number of anilines is 2. The number of ether oxygens (including phenoxy) is 1. The molecule has 73 heavy (non-hydrogen) atoms. The van der Waals surface area contributed by atoms with Crippen LogP contribution >= 0.6 is 23.2 Å². The van der Waals surface area contributed by atoms with Crippen molar-refractivity contribution in [3.63, 3.8) is 0 Å². The Morgan fingerprint density at radius 3 is 1.77 bits per heavy atom. The average Bonchev–Trinajstić information content (AvgIpc) is 4.16. The zero-order valence-electron chi connectivity index (χ0n) is 42.7. The molecule has 4 fully saturated rings. The number of halogens is 2. The summed E-state index contributed by atoms with van der Waals surface area (Å²) in [6, 6.07) is 15.1. The molecule has 2 aromatic carbocycles. The molecular weight excluding hydrogens is 968 g/mol. The van der Waals surface area contributed by atoms with Gasteiger partial charge in [0.2, 0.25) is 11.8 Å². The fourth-order valence-electron chi connectivity index (χ4n) is 13.1. The highest BCUT2D eigenvalue weighted by Crippen LogP contribution is 2.48. The normalized spacial score (nSPS) is 26.6. The number of carbonyl (C=O) groups excluding carboxylic acids is 2. The van der Waals surface area contributed by atoms with E-state index in [0.29, 0.717) is 107 Å². The van der Waals surface area contributed by atoms with Gasteiger partial charge in [-0.2, -0.15) is 0 Å². The molecule has 0 bridgehead atoms. The van der Waals surface area contributed by atoms with E-state index in [1.165, 1.54) is 6.33 Å². The number of hydrogen-bond acceptors (Lipinski definition) is 14. The summed E-state index contributed by atoms with van der Waals surface area (Å²) in [5.74, 6) is 1.33. The molecule has 16 nitrogen and oxygen atoms in total. The van der Waals surface area contributed by atoms with E-state index in [1.54, 1.807) is 6.33 Å². The number of fused-ring (bicyclic) bond motifs is 2. The first-order valence-electron chi connectivity index (χ1n) is 26.6. The monoisotopic (exact) mass is 1040 g/mol. The molecule has 0 saturated carbocycles. The van der Waals surface area contributed by atoms with Gasteiger partial charge < -0.3 is 39.7 Å². The number of carbonyl (C=O) groups is 2. The van der Waals surface area contributed by atoms with Gasteiger partial charge in [0.15, 0.2) is 0 Å². The number of benzene rings is 2. The van der Waals surface area contributed by atoms with E-state index < -0.39 is 17.6 Å². The molecule has 2 amide bonds. The van der Waals surface area contributed by atoms with Crippen molar-refractivity contribution in [1.29, 1.82) is 0 Å². The molecule has 0 spiro atoms. The van der Waals surface area contributed by atoms with Gasteiger partial charge >= 0.3 is 0 Å². The Morgan fingerprint density at radius 1 is 0.699 bits per heavy atom. The standard InChI is InChI=1S/C55H72Cl2N10O6/c1-34-27-43(69)49-45(34)51(60-32-58-49)62-18-24-65(25-19-62)54(71)48(37-10-14-39(57)15-11-37)42-29-40(30-66(42)17-6-26-68)73-44-28-35(2)46-50(44)59-33-61-52(46)63-20-22-64(23-21-63)53(70)47(36-8-12-38(56)13-9-36)41-7-5-16-67(41)31-55(3,4)72/h8-15,32-35,40-44,47-48,68-69,72H,5-7,16-31H2,1-4H3/t34-,35-,40?,41+,42+,43-,44-,47+,48+/m1/s1. The first kappa shape index (κ1) is 51.9. The number of aliphatic hydroxyl groups is 3. The van der Waals surface area contributed by atoms with E-state index in [2.05, 4.69) is 43.4 Å². The van der Waals surface area contributed by atoms with Gasteiger partial charge in [-0.3, -0.25) is 19.4 Å². The number of aromatic nitrogens is 4. The first-order chi connectivity index (χ1) is 35.1. The van der Waals surface area contributed by atoms with Crippen molar-refractivity contribution in [2.75, 3.05) is 94.9 Å². The minimum absolute atomic E-state index is 0.0262. The minimum atomic E-state index is -0.882. The smallest absolute Gasteiger partial charge is 0.231 e. The molecule has 4 aliphatic heterocycles. The van der Waals surface area contributed by atoms with Crippen LogP contribution in [-0.2, 0) is 14.3 Å². The summed E-state index contributed by atoms with van der Waals surface area (Å²) in [6.45, 7) is 15.2. The number of aliphatic hydroxyl groups excluding tert-OH is 2. The summed E-state index contributed by atoms with van der Waals surface area (Å²) >= 11 is 12.8. The van der Waals surface area contributed by atoms with Crippen LogP contribution in [0.4, 0.5) is 11.6 Å². The fraction of sp³-hybridized carbons (Fsp3) is 0.600. The Morgan fingerprint density at radius 2 is 1.22 bits per heavy atom. The second-order valence-corrected chi connectivity index (χ2v) is 23.0. The van der Waals surface area contributed by atoms with Crippen LogP contribution in [0.25, 0.3) is 0 Å². The van der Waals surface area contributed by atoms with Gasteiger partial charge in [0.05, 0.1) is 41.0 Å². The summed E-state index contributed by atoms with van der Waals surface area (Å²) in [7, 11) is 0.